The number of nitrogens with zero attached hydrogens (tertiary/aromatic N) is 3. The second-order valence-electron chi connectivity index (χ2n) is 9.90. The average Bonchev–Trinajstić information content (AvgIpc) is 2.84. The Morgan fingerprint density at radius 2 is 1.86 bits per heavy atom. The van der Waals surface area contributed by atoms with Crippen molar-refractivity contribution in [1.29, 1.82) is 0 Å². The molecule has 2 N–H and O–H groups in total. The van der Waals surface area contributed by atoms with Gasteiger partial charge >= 0.3 is 0 Å². The SMILES string of the molecule is Cc1nc(N[C@H](C)c2cccc(C(F)F)c2F)c2cc(C3(O)CCCCC3)c3c(c2n1)N(C)CCO3. The van der Waals surface area contributed by atoms with E-state index in [2.05, 4.69) is 15.2 Å². The van der Waals surface area contributed by atoms with E-state index in [0.29, 0.717) is 59.9 Å². The van der Waals surface area contributed by atoms with Crippen LogP contribution in [0.15, 0.2) is 24.3 Å². The Morgan fingerprint density at radius 3 is 2.58 bits per heavy atom. The van der Waals surface area contributed by atoms with Crippen molar-refractivity contribution < 1.29 is 23.0 Å². The first-order valence-corrected chi connectivity index (χ1v) is 12.4. The number of fused-ring (bicyclic) bond motifs is 3. The number of alkyl halides is 2. The van der Waals surface area contributed by atoms with Crippen LogP contribution in [0, 0.1) is 12.7 Å². The van der Waals surface area contributed by atoms with Crippen LogP contribution >= 0.6 is 0 Å². The topological polar surface area (TPSA) is 70.5 Å². The van der Waals surface area contributed by atoms with Gasteiger partial charge in [-0.15, -0.1) is 0 Å². The van der Waals surface area contributed by atoms with Gasteiger partial charge in [0.15, 0.2) is 5.75 Å². The summed E-state index contributed by atoms with van der Waals surface area (Å²) < 4.78 is 47.6. The minimum atomic E-state index is -2.90. The molecular formula is C27H31F3N4O2. The van der Waals surface area contributed by atoms with Crippen molar-refractivity contribution >= 4 is 22.4 Å². The van der Waals surface area contributed by atoms with Crippen molar-refractivity contribution in [3.05, 3.63) is 52.6 Å². The van der Waals surface area contributed by atoms with Gasteiger partial charge in [-0.2, -0.15) is 0 Å². The number of hydrogen-bond acceptors (Lipinski definition) is 6. The highest BCUT2D eigenvalue weighted by molar-refractivity contribution is 6.01. The molecule has 1 fully saturated rings. The first-order chi connectivity index (χ1) is 17.2. The van der Waals surface area contributed by atoms with Gasteiger partial charge in [0.05, 0.1) is 23.8 Å². The average molecular weight is 501 g/mol. The summed E-state index contributed by atoms with van der Waals surface area (Å²) in [6.07, 6.45) is 1.29. The maximum atomic E-state index is 14.9. The summed E-state index contributed by atoms with van der Waals surface area (Å²) in [5.41, 5.74) is 0.644. The minimum Gasteiger partial charge on any atom is -0.489 e. The molecule has 0 bridgehead atoms. The van der Waals surface area contributed by atoms with Crippen molar-refractivity contribution in [2.75, 3.05) is 30.4 Å². The Morgan fingerprint density at radius 1 is 1.14 bits per heavy atom. The fraction of sp³-hybridized carbons (Fsp3) is 0.481. The lowest BCUT2D eigenvalue weighted by Gasteiger charge is -2.38. The van der Waals surface area contributed by atoms with Gasteiger partial charge in [-0.05, 0) is 32.8 Å². The molecule has 1 saturated carbocycles. The smallest absolute Gasteiger partial charge is 0.266 e. The lowest BCUT2D eigenvalue weighted by Crippen LogP contribution is -2.34. The van der Waals surface area contributed by atoms with Crippen molar-refractivity contribution in [3.63, 3.8) is 0 Å². The monoisotopic (exact) mass is 500 g/mol. The summed E-state index contributed by atoms with van der Waals surface area (Å²) in [5, 5.41) is 15.6. The number of aryl methyl sites for hydroxylation is 1. The molecule has 192 valence electrons. The Balaban J connectivity index is 1.67. The third kappa shape index (κ3) is 4.23. The second-order valence-corrected chi connectivity index (χ2v) is 9.90. The summed E-state index contributed by atoms with van der Waals surface area (Å²) in [6, 6.07) is 5.27. The van der Waals surface area contributed by atoms with Crippen LogP contribution < -0.4 is 15.0 Å². The predicted molar refractivity (Wildman–Crippen MR) is 133 cm³/mol. The number of nitrogens with one attached hydrogen (secondary N) is 1. The van der Waals surface area contributed by atoms with E-state index >= 15 is 0 Å². The molecule has 0 spiro atoms. The Bertz CT molecular complexity index is 1290. The molecule has 0 unspecified atom stereocenters. The Hall–Kier alpha value is -3.07. The highest BCUT2D eigenvalue weighted by Crippen LogP contribution is 2.49. The van der Waals surface area contributed by atoms with E-state index in [9.17, 15) is 18.3 Å². The number of benzene rings is 2. The van der Waals surface area contributed by atoms with E-state index in [1.54, 1.807) is 13.8 Å². The number of aliphatic hydroxyl groups is 1. The Labute approximate surface area is 208 Å². The van der Waals surface area contributed by atoms with Gasteiger partial charge in [0.1, 0.15) is 35.3 Å². The van der Waals surface area contributed by atoms with Crippen molar-refractivity contribution in [2.24, 2.45) is 0 Å². The van der Waals surface area contributed by atoms with E-state index in [4.69, 9.17) is 9.72 Å². The maximum Gasteiger partial charge on any atom is 0.266 e. The summed E-state index contributed by atoms with van der Waals surface area (Å²) in [7, 11) is 1.97. The van der Waals surface area contributed by atoms with Gasteiger partial charge in [-0.1, -0.05) is 37.5 Å². The van der Waals surface area contributed by atoms with E-state index < -0.39 is 29.4 Å². The number of halogens is 3. The van der Waals surface area contributed by atoms with Crippen LogP contribution in [0.25, 0.3) is 10.9 Å². The van der Waals surface area contributed by atoms with Crippen molar-refractivity contribution in [3.8, 4) is 5.75 Å². The summed E-state index contributed by atoms with van der Waals surface area (Å²) in [5.74, 6) is 0.678. The molecule has 2 aromatic carbocycles. The third-order valence-corrected chi connectivity index (χ3v) is 7.38. The molecule has 1 atom stereocenters. The normalized spacial score (nSPS) is 18.2. The van der Waals surface area contributed by atoms with Gasteiger partial charge in [-0.3, -0.25) is 0 Å². The lowest BCUT2D eigenvalue weighted by atomic mass is 9.78. The third-order valence-electron chi connectivity index (χ3n) is 7.38. The van der Waals surface area contributed by atoms with E-state index in [1.165, 1.54) is 12.1 Å². The second kappa shape index (κ2) is 9.42. The van der Waals surface area contributed by atoms with Crippen molar-refractivity contribution in [1.82, 2.24) is 9.97 Å². The van der Waals surface area contributed by atoms with Gasteiger partial charge in [0.2, 0.25) is 0 Å². The first kappa shape index (κ1) is 24.6. The fourth-order valence-electron chi connectivity index (χ4n) is 5.46. The fourth-order valence-corrected chi connectivity index (χ4v) is 5.46. The molecule has 1 aromatic heterocycles. The number of ether oxygens (including phenoxy) is 1. The number of rotatable bonds is 5. The largest absolute Gasteiger partial charge is 0.489 e. The van der Waals surface area contributed by atoms with Gasteiger partial charge < -0.3 is 20.1 Å². The molecule has 2 aliphatic rings. The van der Waals surface area contributed by atoms with Crippen LogP contribution in [0.4, 0.5) is 24.7 Å². The predicted octanol–water partition coefficient (Wildman–Crippen LogP) is 6.17. The maximum absolute atomic E-state index is 14.9. The van der Waals surface area contributed by atoms with Crippen LogP contribution in [0.2, 0.25) is 0 Å². The zero-order chi connectivity index (χ0) is 25.6. The van der Waals surface area contributed by atoms with E-state index in [1.807, 2.05) is 13.1 Å². The zero-order valence-electron chi connectivity index (χ0n) is 20.7. The highest BCUT2D eigenvalue weighted by atomic mass is 19.3. The van der Waals surface area contributed by atoms with Gasteiger partial charge in [-0.25, -0.2) is 23.1 Å². The number of anilines is 2. The van der Waals surface area contributed by atoms with E-state index in [0.717, 1.165) is 31.0 Å². The number of hydrogen-bond donors (Lipinski definition) is 2. The van der Waals surface area contributed by atoms with Crippen LogP contribution in [0.3, 0.4) is 0 Å². The molecular weight excluding hydrogens is 469 g/mol. The van der Waals surface area contributed by atoms with Gasteiger partial charge in [0, 0.05) is 23.6 Å². The van der Waals surface area contributed by atoms with E-state index in [-0.39, 0.29) is 5.56 Å². The quantitative estimate of drug-likeness (QED) is 0.437. The molecule has 0 saturated heterocycles. The molecule has 6 nitrogen and oxygen atoms in total. The number of likely N-dealkylation sites (N-methyl/N-ethyl adjacent to an activating group) is 1. The first-order valence-electron chi connectivity index (χ1n) is 12.4. The van der Waals surface area contributed by atoms with Crippen LogP contribution in [0.1, 0.15) is 74.0 Å². The summed E-state index contributed by atoms with van der Waals surface area (Å²) in [4.78, 5) is 11.4. The molecule has 2 heterocycles. The summed E-state index contributed by atoms with van der Waals surface area (Å²) in [6.45, 7) is 4.65. The van der Waals surface area contributed by atoms with Crippen LogP contribution in [0.5, 0.6) is 5.75 Å². The minimum absolute atomic E-state index is 0.127. The molecule has 1 aliphatic heterocycles. The molecule has 9 heteroatoms. The standard InChI is InChI=1S/C27H31F3N4O2/c1-15(17-8-7-9-18(21(17)28)25(29)30)31-26-19-14-20(27(35)10-5-4-6-11-27)24-23(34(3)12-13-36-24)22(19)32-16(2)33-26/h7-9,14-15,25,35H,4-6,10-13H2,1-3H3,(H,31,32,33)/t15-/m1/s1. The molecule has 3 aromatic rings. The zero-order valence-corrected chi connectivity index (χ0v) is 20.7. The molecule has 36 heavy (non-hydrogen) atoms. The molecule has 5 rings (SSSR count). The highest BCUT2D eigenvalue weighted by Gasteiger charge is 2.38. The number of aromatic nitrogens is 2. The molecule has 1 aliphatic carbocycles. The van der Waals surface area contributed by atoms with Crippen molar-refractivity contribution in [2.45, 2.75) is 64.0 Å². The van der Waals surface area contributed by atoms with Crippen LogP contribution in [-0.4, -0.2) is 35.3 Å². The van der Waals surface area contributed by atoms with Crippen LogP contribution in [-0.2, 0) is 5.60 Å². The molecule has 0 radical (unpaired) electrons. The molecule has 0 amide bonds. The lowest BCUT2D eigenvalue weighted by molar-refractivity contribution is -0.00298. The van der Waals surface area contributed by atoms with Gasteiger partial charge in [0.25, 0.3) is 6.43 Å². The Kier molecular flexibility index (Phi) is 6.44. The summed E-state index contributed by atoms with van der Waals surface area (Å²) >= 11 is 0.